The number of piperazine rings is 2. The number of benzene rings is 6. The third kappa shape index (κ3) is 9.56. The molecule has 99 heavy (non-hydrogen) atoms. The van der Waals surface area contributed by atoms with Crippen molar-refractivity contribution in [1.82, 2.24) is 29.4 Å². The molecule has 0 aromatic heterocycles. The second kappa shape index (κ2) is 24.3. The van der Waals surface area contributed by atoms with Crippen LogP contribution < -0.4 is 42.6 Å². The first-order chi connectivity index (χ1) is 47.7. The van der Waals surface area contributed by atoms with E-state index in [1.54, 1.807) is 69.7 Å². The van der Waals surface area contributed by atoms with Crippen LogP contribution in [0.4, 0.5) is 0 Å². The Kier molecular flexibility index (Phi) is 15.9. The van der Waals surface area contributed by atoms with E-state index in [1.807, 2.05) is 40.9 Å². The van der Waals surface area contributed by atoms with Crippen molar-refractivity contribution in [3.63, 3.8) is 0 Å². The molecule has 4 bridgehead atoms. The molecule has 25 nitrogen and oxygen atoms in total. The lowest BCUT2D eigenvalue weighted by molar-refractivity contribution is -0.133. The molecule has 10 aliphatic heterocycles. The molecule has 25 heteroatoms. The van der Waals surface area contributed by atoms with Gasteiger partial charge < -0.3 is 52.5 Å². The molecule has 10 heterocycles. The van der Waals surface area contributed by atoms with Gasteiger partial charge in [-0.2, -0.15) is 10.5 Å². The molecule has 6 aromatic rings. The van der Waals surface area contributed by atoms with Crippen LogP contribution in [0, 0.1) is 50.4 Å². The Morgan fingerprint density at radius 2 is 0.929 bits per heavy atom. The van der Waals surface area contributed by atoms with Crippen molar-refractivity contribution in [2.45, 2.75) is 128 Å². The molecule has 0 saturated carbocycles. The first kappa shape index (κ1) is 64.7. The van der Waals surface area contributed by atoms with Gasteiger partial charge in [-0.3, -0.25) is 58.2 Å². The molecule has 1 N–H and O–H groups in total. The highest BCUT2D eigenvalue weighted by atomic mass is 16.7. The Morgan fingerprint density at radius 3 is 1.32 bits per heavy atom. The summed E-state index contributed by atoms with van der Waals surface area (Å²) in [6, 6.07) is 17.8. The average molecular weight is 1350 g/mol. The molecule has 0 aliphatic carbocycles. The number of methoxy groups -OCH3 is 3. The number of rotatable bonds is 11. The second-order valence-electron chi connectivity index (χ2n) is 26.8. The van der Waals surface area contributed by atoms with Crippen LogP contribution in [0.5, 0.6) is 57.5 Å². The summed E-state index contributed by atoms with van der Waals surface area (Å²) in [5.41, 5.74) is 10.4. The highest BCUT2D eigenvalue weighted by Gasteiger charge is 2.60. The molecule has 510 valence electrons. The predicted octanol–water partition coefficient (Wildman–Crippen LogP) is 7.76. The number of fused-ring (bicyclic) bond motifs is 20. The first-order valence-electron chi connectivity index (χ1n) is 32.8. The van der Waals surface area contributed by atoms with Gasteiger partial charge in [-0.05, 0) is 114 Å². The van der Waals surface area contributed by atoms with E-state index in [4.69, 9.17) is 47.4 Å². The number of likely N-dealkylation sites (N-methyl/N-ethyl adjacent to an activating group) is 2. The minimum absolute atomic E-state index is 0.00815. The summed E-state index contributed by atoms with van der Waals surface area (Å²) >= 11 is 0. The van der Waals surface area contributed by atoms with Gasteiger partial charge in [-0.25, -0.2) is 0 Å². The Bertz CT molecular complexity index is 4570. The molecule has 10 aliphatic rings. The van der Waals surface area contributed by atoms with E-state index in [9.17, 15) is 44.4 Å². The fraction of sp³-hybridized carbons (Fsp3) is 0.405. The molecular weight excluding hydrogens is 1270 g/mol. The number of imide groups is 2. The zero-order chi connectivity index (χ0) is 69.6. The van der Waals surface area contributed by atoms with E-state index in [-0.39, 0.29) is 57.3 Å². The molecular formula is C74H72N8O17. The molecule has 6 aromatic carbocycles. The van der Waals surface area contributed by atoms with E-state index < -0.39 is 77.9 Å². The summed E-state index contributed by atoms with van der Waals surface area (Å²) in [7, 11) is 8.65. The number of phenolic OH excluding ortho intramolecular Hbond substituents is 1. The van der Waals surface area contributed by atoms with Crippen LogP contribution in [0.1, 0.15) is 146 Å². The lowest BCUT2D eigenvalue weighted by Crippen LogP contribution is -2.69. The van der Waals surface area contributed by atoms with Crippen molar-refractivity contribution in [1.29, 1.82) is 10.5 Å². The Morgan fingerprint density at radius 1 is 0.535 bits per heavy atom. The number of aryl methyl sites for hydroxylation is 2. The van der Waals surface area contributed by atoms with Gasteiger partial charge in [-0.1, -0.05) is 36.4 Å². The molecule has 2 fully saturated rings. The van der Waals surface area contributed by atoms with E-state index in [0.29, 0.717) is 139 Å². The summed E-state index contributed by atoms with van der Waals surface area (Å²) < 4.78 is 59.2. The van der Waals surface area contributed by atoms with Crippen LogP contribution in [0.25, 0.3) is 0 Å². The van der Waals surface area contributed by atoms with Crippen LogP contribution in [0.15, 0.2) is 60.7 Å². The number of amides is 4. The van der Waals surface area contributed by atoms with Crippen molar-refractivity contribution in [3.8, 4) is 69.6 Å². The minimum atomic E-state index is -0.745. The molecule has 0 spiro atoms. The van der Waals surface area contributed by atoms with Crippen molar-refractivity contribution < 1.29 is 81.2 Å². The lowest BCUT2D eigenvalue weighted by atomic mass is 9.71. The molecule has 0 radical (unpaired) electrons. The molecule has 2 saturated heterocycles. The van der Waals surface area contributed by atoms with E-state index in [2.05, 4.69) is 37.8 Å². The zero-order valence-corrected chi connectivity index (χ0v) is 56.5. The lowest BCUT2D eigenvalue weighted by Gasteiger charge is -2.60. The Labute approximate surface area is 570 Å². The van der Waals surface area contributed by atoms with Crippen LogP contribution in [-0.4, -0.2) is 175 Å². The minimum Gasteiger partial charge on any atom is -0.504 e. The van der Waals surface area contributed by atoms with Crippen LogP contribution >= 0.6 is 0 Å². The summed E-state index contributed by atoms with van der Waals surface area (Å²) in [5, 5.41) is 33.7. The summed E-state index contributed by atoms with van der Waals surface area (Å²) in [4.78, 5) is 91.7. The highest BCUT2D eigenvalue weighted by Crippen LogP contribution is 2.62. The van der Waals surface area contributed by atoms with Gasteiger partial charge in [0.15, 0.2) is 52.8 Å². The van der Waals surface area contributed by atoms with Crippen molar-refractivity contribution in [2.24, 2.45) is 0 Å². The van der Waals surface area contributed by atoms with Gasteiger partial charge in [0, 0.05) is 103 Å². The van der Waals surface area contributed by atoms with E-state index >= 15 is 0 Å². The number of aromatic hydroxyl groups is 1. The number of phenols is 1. The van der Waals surface area contributed by atoms with Gasteiger partial charge in [0.2, 0.25) is 13.6 Å². The van der Waals surface area contributed by atoms with Gasteiger partial charge in [-0.15, -0.1) is 0 Å². The van der Waals surface area contributed by atoms with Crippen molar-refractivity contribution in [2.75, 3.05) is 68.9 Å². The Balaban J connectivity index is 0.000000162. The SMILES string of the molecule is COCOc1c(OC)c(C)cc2c1[C@@H]1[C@@H]3Cc4c(OC(C)=O)c(C)c5c(c4[C@H](CN4C(=O)c6ccccc6C4=O)N3[C@@H](C#N)[C@H](C2)N1C)OCO5.COc1c(C)cc2c(c1O)[C@@H]1[C@@H]3Cc4c(OC(C)=O)c(C)c5c(c4[C@H](CN4C(=O)c6ccccc6C4=O)N3[C@@H](C#N)[C@H](C2)N1C)OCO5. The second-order valence-corrected chi connectivity index (χ2v) is 26.8. The monoisotopic (exact) mass is 1340 g/mol. The van der Waals surface area contributed by atoms with Crippen LogP contribution in [0.2, 0.25) is 0 Å². The van der Waals surface area contributed by atoms with Gasteiger partial charge in [0.1, 0.15) is 23.6 Å². The molecule has 4 amide bonds. The number of ether oxygens (including phenoxy) is 10. The van der Waals surface area contributed by atoms with Crippen LogP contribution in [0.3, 0.4) is 0 Å². The number of carbonyl (C=O) groups is 6. The topological polar surface area (TPSA) is 282 Å². The number of carbonyl (C=O) groups excluding carboxylic acids is 6. The van der Waals surface area contributed by atoms with E-state index in [1.165, 1.54) is 30.8 Å². The number of esters is 2. The largest absolute Gasteiger partial charge is 0.504 e. The summed E-state index contributed by atoms with van der Waals surface area (Å²) in [5.74, 6) is 1.30. The highest BCUT2D eigenvalue weighted by molar-refractivity contribution is 6.22. The number of nitriles is 2. The van der Waals surface area contributed by atoms with Crippen molar-refractivity contribution >= 4 is 35.6 Å². The normalized spacial score (nSPS) is 24.7. The average Bonchev–Trinajstić information content (AvgIpc) is 1.35. The van der Waals surface area contributed by atoms with Crippen molar-refractivity contribution in [3.05, 3.63) is 150 Å². The Hall–Kier alpha value is -10.3. The quantitative estimate of drug-likeness (QED) is 0.0561. The standard InChI is InChI=1S/C38H38N4O9.C36H34N4O8/c1-18-11-21-12-25-27(14-39)42-26(31(40(25)4)29(21)35(32(18)47-6)48-16-46-5)13-24-30(36-34(49-17-50-36)19(2)33(24)51-20(3)43)28(42)15-41-37(44)22-9-7-8-10-23(22)38(41)45;1-16-10-19-11-23-25(13-37)40-24(29(38(23)4)27(19)30(42)31(16)45-5)12-22-28(34-33(46-15-47-34)17(2)32(22)48-18(3)41)26(40)14-39-35(43)20-8-6-7-9-21(20)36(39)44/h7-11,25-28,31H,12-13,15-17H2,1-6H3;6-10,23-26,29,42H,11-12,14-15H2,1-5H3/t25-,26-,27-,28-,31-;23-,24-,25-,26-,29-/m00/s1. The smallest absolute Gasteiger partial charge is 0.308 e. The zero-order valence-electron chi connectivity index (χ0n) is 56.5. The number of hydrogen-bond donors (Lipinski definition) is 1. The summed E-state index contributed by atoms with van der Waals surface area (Å²) in [6.07, 6.45) is 1.67. The molecule has 16 rings (SSSR count). The maximum atomic E-state index is 13.9. The molecule has 10 atom stereocenters. The van der Waals surface area contributed by atoms with Gasteiger partial charge in [0.05, 0.1) is 72.8 Å². The third-order valence-electron chi connectivity index (χ3n) is 21.8. The fourth-order valence-corrected chi connectivity index (χ4v) is 18.0. The maximum Gasteiger partial charge on any atom is 0.308 e. The number of nitrogens with zero attached hydrogens (tertiary/aromatic N) is 8. The predicted molar refractivity (Wildman–Crippen MR) is 349 cm³/mol. The third-order valence-corrected chi connectivity index (χ3v) is 21.8. The number of hydrogen-bond acceptors (Lipinski definition) is 23. The molecule has 0 unspecified atom stereocenters. The van der Waals surface area contributed by atoms with Gasteiger partial charge >= 0.3 is 11.9 Å². The first-order valence-corrected chi connectivity index (χ1v) is 32.8. The summed E-state index contributed by atoms with van der Waals surface area (Å²) in [6.45, 7) is 9.84. The fourth-order valence-electron chi connectivity index (χ4n) is 18.0. The van der Waals surface area contributed by atoms with Crippen LogP contribution in [-0.2, 0) is 40.0 Å². The van der Waals surface area contributed by atoms with Gasteiger partial charge in [0.25, 0.3) is 23.6 Å². The van der Waals surface area contributed by atoms with E-state index in [0.717, 1.165) is 27.8 Å². The maximum absolute atomic E-state index is 13.9.